The van der Waals surface area contributed by atoms with Crippen molar-refractivity contribution < 1.29 is 14.4 Å². The lowest BCUT2D eigenvalue weighted by Gasteiger charge is -2.24. The highest BCUT2D eigenvalue weighted by atomic mass is 16.2. The zero-order chi connectivity index (χ0) is 16.7. The number of nitrogens with two attached hydrogens (primary N) is 1. The van der Waals surface area contributed by atoms with Crippen LogP contribution in [0.25, 0.3) is 0 Å². The molecule has 1 aromatic rings. The second-order valence-electron chi connectivity index (χ2n) is 5.58. The summed E-state index contributed by atoms with van der Waals surface area (Å²) in [5.74, 6) is -0.483. The van der Waals surface area contributed by atoms with Crippen molar-refractivity contribution in [1.82, 2.24) is 10.6 Å². The first-order valence-corrected chi connectivity index (χ1v) is 7.71. The van der Waals surface area contributed by atoms with E-state index < -0.39 is 0 Å². The molecule has 1 fully saturated rings. The molecule has 7 heteroatoms. The molecule has 0 heterocycles. The quantitative estimate of drug-likeness (QED) is 0.571. The Morgan fingerprint density at radius 2 is 1.91 bits per heavy atom. The van der Waals surface area contributed by atoms with E-state index >= 15 is 0 Å². The first-order valence-electron chi connectivity index (χ1n) is 7.71. The van der Waals surface area contributed by atoms with Crippen molar-refractivity contribution in [2.45, 2.75) is 25.8 Å². The van der Waals surface area contributed by atoms with Crippen LogP contribution in [0, 0.1) is 5.92 Å². The summed E-state index contributed by atoms with van der Waals surface area (Å²) in [4.78, 5) is 34.5. The van der Waals surface area contributed by atoms with Gasteiger partial charge in [0.05, 0.1) is 13.1 Å². The lowest BCUT2D eigenvalue weighted by atomic mass is 9.85. The largest absolute Gasteiger partial charge is 0.350 e. The fourth-order valence-electron chi connectivity index (χ4n) is 2.19. The molecule has 2 rings (SSSR count). The third-order valence-electron chi connectivity index (χ3n) is 3.79. The summed E-state index contributed by atoms with van der Waals surface area (Å²) in [5, 5.41) is 7.99. The van der Waals surface area contributed by atoms with Crippen molar-refractivity contribution in [3.63, 3.8) is 0 Å². The highest BCUT2D eigenvalue weighted by molar-refractivity contribution is 5.93. The minimum absolute atomic E-state index is 0.0573. The lowest BCUT2D eigenvalue weighted by Crippen LogP contribution is -2.39. The normalized spacial score (nSPS) is 13.8. The maximum absolute atomic E-state index is 11.9. The van der Waals surface area contributed by atoms with Crippen molar-refractivity contribution in [2.75, 3.05) is 18.4 Å². The maximum Gasteiger partial charge on any atom is 0.239 e. The predicted octanol–water partition coefficient (Wildman–Crippen LogP) is 0.116. The molecule has 0 bridgehead atoms. The summed E-state index contributed by atoms with van der Waals surface area (Å²) in [6.45, 7) is 0.0780. The molecule has 23 heavy (non-hydrogen) atoms. The molecule has 0 spiro atoms. The average molecular weight is 318 g/mol. The highest BCUT2D eigenvalue weighted by Gasteiger charge is 2.25. The van der Waals surface area contributed by atoms with Crippen LogP contribution in [0.15, 0.2) is 24.3 Å². The Bertz CT molecular complexity index is 584. The lowest BCUT2D eigenvalue weighted by molar-refractivity contribution is -0.125. The van der Waals surface area contributed by atoms with Crippen LogP contribution in [0.5, 0.6) is 0 Å². The molecule has 0 unspecified atom stereocenters. The molecule has 0 radical (unpaired) electrons. The molecule has 1 aliphatic rings. The summed E-state index contributed by atoms with van der Waals surface area (Å²) in [5.41, 5.74) is 6.73. The van der Waals surface area contributed by atoms with Crippen LogP contribution < -0.4 is 21.7 Å². The molecule has 0 aliphatic heterocycles. The zero-order valence-corrected chi connectivity index (χ0v) is 12.9. The van der Waals surface area contributed by atoms with Gasteiger partial charge < -0.3 is 21.7 Å². The summed E-state index contributed by atoms with van der Waals surface area (Å²) in [6.07, 6.45) is 3.02. The summed E-state index contributed by atoms with van der Waals surface area (Å²) >= 11 is 0. The average Bonchev–Trinajstić information content (AvgIpc) is 2.49. The van der Waals surface area contributed by atoms with Gasteiger partial charge in [0.25, 0.3) is 0 Å². The van der Waals surface area contributed by atoms with Gasteiger partial charge in [-0.2, -0.15) is 0 Å². The number of rotatable bonds is 7. The number of anilines is 1. The van der Waals surface area contributed by atoms with E-state index in [1.165, 1.54) is 0 Å². The summed E-state index contributed by atoms with van der Waals surface area (Å²) < 4.78 is 0. The van der Waals surface area contributed by atoms with Crippen LogP contribution in [0.2, 0.25) is 0 Å². The standard InChI is InChI=1S/C16H22N4O3/c17-8-14(21)19-10-15(22)18-9-11-3-1-6-13(7-11)20-16(23)12-4-2-5-12/h1,3,6-7,12H,2,4-5,8-10,17H2,(H,18,22)(H,19,21)(H,20,23). The third-order valence-corrected chi connectivity index (χ3v) is 3.79. The minimum atomic E-state index is -0.374. The maximum atomic E-state index is 11.9. The van der Waals surface area contributed by atoms with E-state index in [4.69, 9.17) is 5.73 Å². The molecular formula is C16H22N4O3. The highest BCUT2D eigenvalue weighted by Crippen LogP contribution is 2.27. The smallest absolute Gasteiger partial charge is 0.239 e. The molecule has 7 nitrogen and oxygen atoms in total. The van der Waals surface area contributed by atoms with Crippen LogP contribution >= 0.6 is 0 Å². The number of hydrogen-bond acceptors (Lipinski definition) is 4. The van der Waals surface area contributed by atoms with E-state index in [-0.39, 0.29) is 36.7 Å². The van der Waals surface area contributed by atoms with Gasteiger partial charge in [0.15, 0.2) is 0 Å². The fraction of sp³-hybridized carbons (Fsp3) is 0.438. The van der Waals surface area contributed by atoms with E-state index in [0.29, 0.717) is 6.54 Å². The van der Waals surface area contributed by atoms with Gasteiger partial charge in [0.1, 0.15) is 0 Å². The topological polar surface area (TPSA) is 113 Å². The van der Waals surface area contributed by atoms with Crippen LogP contribution in [-0.2, 0) is 20.9 Å². The van der Waals surface area contributed by atoms with Crippen molar-refractivity contribution in [3.8, 4) is 0 Å². The number of amides is 3. The SMILES string of the molecule is NCC(=O)NCC(=O)NCc1cccc(NC(=O)C2CCC2)c1. The van der Waals surface area contributed by atoms with Crippen molar-refractivity contribution in [2.24, 2.45) is 11.7 Å². The fourth-order valence-corrected chi connectivity index (χ4v) is 2.19. The molecule has 124 valence electrons. The molecule has 3 amide bonds. The summed E-state index contributed by atoms with van der Waals surface area (Å²) in [6, 6.07) is 7.34. The molecule has 0 aromatic heterocycles. The first-order chi connectivity index (χ1) is 11.1. The number of carbonyl (C=O) groups excluding carboxylic acids is 3. The Morgan fingerprint density at radius 1 is 1.13 bits per heavy atom. The van der Waals surface area contributed by atoms with Gasteiger partial charge in [-0.05, 0) is 30.5 Å². The molecule has 0 atom stereocenters. The molecule has 1 aliphatic carbocycles. The van der Waals surface area contributed by atoms with Crippen molar-refractivity contribution in [3.05, 3.63) is 29.8 Å². The number of nitrogens with one attached hydrogen (secondary N) is 3. The van der Waals surface area contributed by atoms with Gasteiger partial charge in [0, 0.05) is 18.2 Å². The Morgan fingerprint density at radius 3 is 2.57 bits per heavy atom. The van der Waals surface area contributed by atoms with E-state index in [1.54, 1.807) is 0 Å². The van der Waals surface area contributed by atoms with Gasteiger partial charge >= 0.3 is 0 Å². The van der Waals surface area contributed by atoms with Gasteiger partial charge in [0.2, 0.25) is 17.7 Å². The van der Waals surface area contributed by atoms with Crippen molar-refractivity contribution >= 4 is 23.4 Å². The predicted molar refractivity (Wildman–Crippen MR) is 86.3 cm³/mol. The first kappa shape index (κ1) is 17.0. The monoisotopic (exact) mass is 318 g/mol. The van der Waals surface area contributed by atoms with E-state index in [2.05, 4.69) is 16.0 Å². The van der Waals surface area contributed by atoms with Crippen LogP contribution in [0.3, 0.4) is 0 Å². The van der Waals surface area contributed by atoms with Crippen molar-refractivity contribution in [1.29, 1.82) is 0 Å². The molecule has 5 N–H and O–H groups in total. The molecule has 0 saturated heterocycles. The molecule has 1 aromatic carbocycles. The Balaban J connectivity index is 1.79. The van der Waals surface area contributed by atoms with E-state index in [1.807, 2.05) is 24.3 Å². The Kier molecular flexibility index (Phi) is 6.10. The second-order valence-corrected chi connectivity index (χ2v) is 5.58. The molecular weight excluding hydrogens is 296 g/mol. The van der Waals surface area contributed by atoms with Crippen LogP contribution in [0.4, 0.5) is 5.69 Å². The van der Waals surface area contributed by atoms with Gasteiger partial charge in [-0.25, -0.2) is 0 Å². The number of carbonyl (C=O) groups is 3. The zero-order valence-electron chi connectivity index (χ0n) is 12.9. The summed E-state index contributed by atoms with van der Waals surface area (Å²) in [7, 11) is 0. The molecule has 1 saturated carbocycles. The van der Waals surface area contributed by atoms with Gasteiger partial charge in [-0.3, -0.25) is 14.4 Å². The van der Waals surface area contributed by atoms with E-state index in [0.717, 1.165) is 30.5 Å². The van der Waals surface area contributed by atoms with Gasteiger partial charge in [-0.15, -0.1) is 0 Å². The number of benzene rings is 1. The Labute approximate surface area is 135 Å². The van der Waals surface area contributed by atoms with Gasteiger partial charge in [-0.1, -0.05) is 18.6 Å². The van der Waals surface area contributed by atoms with E-state index in [9.17, 15) is 14.4 Å². The third kappa shape index (κ3) is 5.37. The Hall–Kier alpha value is -2.41. The van der Waals surface area contributed by atoms with Crippen LogP contribution in [-0.4, -0.2) is 30.8 Å². The van der Waals surface area contributed by atoms with Crippen LogP contribution in [0.1, 0.15) is 24.8 Å². The number of hydrogen-bond donors (Lipinski definition) is 4. The minimum Gasteiger partial charge on any atom is -0.350 e. The second kappa shape index (κ2) is 8.28.